The summed E-state index contributed by atoms with van der Waals surface area (Å²) in [6, 6.07) is 6.09. The van der Waals surface area contributed by atoms with Crippen molar-refractivity contribution < 1.29 is 18.6 Å². The molecule has 0 aliphatic rings. The van der Waals surface area contributed by atoms with E-state index in [1.807, 2.05) is 0 Å². The van der Waals surface area contributed by atoms with Crippen molar-refractivity contribution in [3.63, 3.8) is 0 Å². The van der Waals surface area contributed by atoms with Gasteiger partial charge in [0.25, 0.3) is 0 Å². The molecular formula is C13H10Cl4O4. The third kappa shape index (κ3) is 4.27. The van der Waals surface area contributed by atoms with Crippen molar-refractivity contribution in [2.24, 2.45) is 0 Å². The molecule has 1 unspecified atom stereocenters. The number of hydrogen-bond donors (Lipinski definition) is 0. The maximum atomic E-state index is 11.8. The highest BCUT2D eigenvalue weighted by atomic mass is 35.5. The molecule has 21 heavy (non-hydrogen) atoms. The van der Waals surface area contributed by atoms with Crippen molar-refractivity contribution in [2.75, 3.05) is 6.61 Å². The monoisotopic (exact) mass is 370 g/mol. The summed E-state index contributed by atoms with van der Waals surface area (Å²) in [7, 11) is 0. The lowest BCUT2D eigenvalue weighted by Gasteiger charge is -2.21. The van der Waals surface area contributed by atoms with Crippen molar-refractivity contribution >= 4 is 58.6 Å². The van der Waals surface area contributed by atoms with Crippen LogP contribution in [0.25, 0.3) is 0 Å². The second-order valence-electron chi connectivity index (χ2n) is 3.81. The van der Waals surface area contributed by atoms with E-state index in [0.29, 0.717) is 0 Å². The van der Waals surface area contributed by atoms with Crippen molar-refractivity contribution in [3.05, 3.63) is 48.0 Å². The molecular weight excluding hydrogens is 362 g/mol. The molecule has 0 amide bonds. The van der Waals surface area contributed by atoms with E-state index in [4.69, 9.17) is 51.4 Å². The fourth-order valence-corrected chi connectivity index (χ4v) is 2.37. The summed E-state index contributed by atoms with van der Waals surface area (Å²) in [4.78, 5) is 23.4. The van der Waals surface area contributed by atoms with E-state index in [1.54, 1.807) is 12.1 Å². The van der Waals surface area contributed by atoms with Gasteiger partial charge in [-0.05, 0) is 5.56 Å². The van der Waals surface area contributed by atoms with Gasteiger partial charge in [0.15, 0.2) is 5.38 Å². The Morgan fingerprint density at radius 3 is 2.52 bits per heavy atom. The molecule has 0 fully saturated rings. The predicted octanol–water partition coefficient (Wildman–Crippen LogP) is 4.02. The number of carbonyl (C=O) groups is 2. The number of alkyl halides is 3. The van der Waals surface area contributed by atoms with Crippen molar-refractivity contribution in [1.82, 2.24) is 0 Å². The first kappa shape index (κ1) is 18.1. The molecule has 0 spiro atoms. The summed E-state index contributed by atoms with van der Waals surface area (Å²) < 4.78 is 6.76. The number of hydrogen-bond acceptors (Lipinski definition) is 4. The van der Waals surface area contributed by atoms with Crippen LogP contribution in [-0.2, 0) is 22.9 Å². The normalized spacial score (nSPS) is 12.4. The summed E-state index contributed by atoms with van der Waals surface area (Å²) in [5.41, 5.74) is 0.287. The van der Waals surface area contributed by atoms with Crippen LogP contribution in [0, 0.1) is 0 Å². The number of rotatable bonds is 6. The largest absolute Gasteiger partial charge is 0.460 e. The molecule has 1 aromatic carbocycles. The van der Waals surface area contributed by atoms with Crippen LogP contribution in [0.1, 0.15) is 16.5 Å². The molecule has 0 saturated heterocycles. The van der Waals surface area contributed by atoms with Gasteiger partial charge in [0.2, 0.25) is 4.33 Å². The molecule has 0 heterocycles. The first-order valence-electron chi connectivity index (χ1n) is 5.58. The molecule has 0 saturated carbocycles. The van der Waals surface area contributed by atoms with Gasteiger partial charge in [0.05, 0.1) is 0 Å². The Hall–Kier alpha value is -0.940. The van der Waals surface area contributed by atoms with Gasteiger partial charge in [-0.25, -0.2) is 4.79 Å². The van der Waals surface area contributed by atoms with Crippen LogP contribution < -0.4 is 0 Å². The Morgan fingerprint density at radius 1 is 1.33 bits per heavy atom. The Morgan fingerprint density at radius 2 is 1.95 bits per heavy atom. The van der Waals surface area contributed by atoms with Crippen molar-refractivity contribution in [2.45, 2.75) is 9.71 Å². The average Bonchev–Trinajstić information content (AvgIpc) is 2.50. The minimum absolute atomic E-state index is 0.000828. The van der Waals surface area contributed by atoms with E-state index >= 15 is 0 Å². The van der Waals surface area contributed by atoms with Gasteiger partial charge in [-0.3, -0.25) is 4.79 Å². The van der Waals surface area contributed by atoms with Gasteiger partial charge in [-0.1, -0.05) is 60.1 Å². The molecule has 0 N–H and O–H groups in total. The summed E-state index contributed by atoms with van der Waals surface area (Å²) in [6.45, 7) is 3.42. The van der Waals surface area contributed by atoms with Gasteiger partial charge in [0, 0.05) is 5.56 Å². The van der Waals surface area contributed by atoms with E-state index in [0.717, 1.165) is 0 Å². The molecule has 1 atom stereocenters. The zero-order valence-corrected chi connectivity index (χ0v) is 13.5. The van der Waals surface area contributed by atoms with Crippen molar-refractivity contribution in [1.29, 1.82) is 0 Å². The number of carbonyl (C=O) groups excluding carboxylic acids is 2. The first-order valence-corrected chi connectivity index (χ1v) is 7.08. The second-order valence-corrected chi connectivity index (χ2v) is 5.73. The lowest BCUT2D eigenvalue weighted by molar-refractivity contribution is -0.142. The lowest BCUT2D eigenvalue weighted by Crippen LogP contribution is -2.26. The summed E-state index contributed by atoms with van der Waals surface area (Å²) in [5, 5.41) is -1.21. The Kier molecular flexibility index (Phi) is 6.81. The van der Waals surface area contributed by atoms with Crippen LogP contribution in [0.4, 0.5) is 0 Å². The third-order valence-electron chi connectivity index (χ3n) is 2.45. The van der Waals surface area contributed by atoms with Crippen LogP contribution in [0.3, 0.4) is 0 Å². The number of benzene rings is 1. The topological polar surface area (TPSA) is 52.6 Å². The number of ether oxygens (including phenoxy) is 1. The highest BCUT2D eigenvalue weighted by Gasteiger charge is 2.41. The average molecular weight is 372 g/mol. The maximum absolute atomic E-state index is 11.8. The van der Waals surface area contributed by atoms with E-state index in [2.05, 4.69) is 10.9 Å². The van der Waals surface area contributed by atoms with Crippen LogP contribution in [0.2, 0.25) is 0 Å². The molecule has 0 radical (unpaired) electrons. The molecule has 4 nitrogen and oxygen atoms in total. The fourth-order valence-electron chi connectivity index (χ4n) is 1.50. The summed E-state index contributed by atoms with van der Waals surface area (Å²) in [5.74, 6) is -1.84. The van der Waals surface area contributed by atoms with Gasteiger partial charge in [-0.15, -0.1) is 11.6 Å². The van der Waals surface area contributed by atoms with Crippen molar-refractivity contribution in [3.8, 4) is 0 Å². The number of halogens is 4. The first-order chi connectivity index (χ1) is 9.86. The predicted molar refractivity (Wildman–Crippen MR) is 81.5 cm³/mol. The van der Waals surface area contributed by atoms with Crippen LogP contribution in [0.15, 0.2) is 36.9 Å². The smallest absolute Gasteiger partial charge is 0.365 e. The molecule has 0 aromatic heterocycles. The van der Waals surface area contributed by atoms with Gasteiger partial charge >= 0.3 is 11.9 Å². The fraction of sp³-hybridized carbons (Fsp3) is 0.231. The number of esters is 1. The molecule has 0 aliphatic carbocycles. The van der Waals surface area contributed by atoms with E-state index in [9.17, 15) is 9.59 Å². The van der Waals surface area contributed by atoms with E-state index in [1.165, 1.54) is 18.2 Å². The minimum Gasteiger partial charge on any atom is -0.460 e. The Balaban J connectivity index is 3.18. The minimum atomic E-state index is -2.11. The molecule has 114 valence electrons. The summed E-state index contributed by atoms with van der Waals surface area (Å²) in [6.07, 6.45) is 1.39. The Bertz CT molecular complexity index is 545. The molecule has 1 aromatic rings. The van der Waals surface area contributed by atoms with Crippen LogP contribution >= 0.6 is 46.7 Å². The van der Waals surface area contributed by atoms with Gasteiger partial charge < -0.3 is 9.03 Å². The zero-order chi connectivity index (χ0) is 16.0. The van der Waals surface area contributed by atoms with E-state index < -0.39 is 21.6 Å². The SMILES string of the molecule is C=CCOC(=O)C(Cl)c1ccccc1C(Cl)(Cl)C(=O)OCl. The standard InChI is InChI=1S/C13H10Cl4O4/c1-2-7-20-11(18)10(14)8-5-3-4-6-9(8)13(15,16)12(19)21-17/h2-6,10H,1,7H2. The lowest BCUT2D eigenvalue weighted by atomic mass is 10.0. The summed E-state index contributed by atoms with van der Waals surface area (Å²) >= 11 is 22.9. The van der Waals surface area contributed by atoms with Crippen LogP contribution in [-0.4, -0.2) is 18.5 Å². The van der Waals surface area contributed by atoms with Gasteiger partial charge in [-0.2, -0.15) is 0 Å². The van der Waals surface area contributed by atoms with Crippen LogP contribution in [0.5, 0.6) is 0 Å². The zero-order valence-electron chi connectivity index (χ0n) is 10.5. The Labute approximate surface area is 141 Å². The quantitative estimate of drug-likeness (QED) is 0.430. The highest BCUT2D eigenvalue weighted by Crippen LogP contribution is 2.41. The molecule has 8 heteroatoms. The van der Waals surface area contributed by atoms with Gasteiger partial charge in [0.1, 0.15) is 18.5 Å². The van der Waals surface area contributed by atoms with E-state index in [-0.39, 0.29) is 17.7 Å². The molecule has 1 rings (SSSR count). The highest BCUT2D eigenvalue weighted by molar-refractivity contribution is 6.57. The second kappa shape index (κ2) is 7.90. The molecule has 0 bridgehead atoms. The third-order valence-corrected chi connectivity index (χ3v) is 3.72. The maximum Gasteiger partial charge on any atom is 0.365 e. The molecule has 0 aliphatic heterocycles.